The van der Waals surface area contributed by atoms with Gasteiger partial charge in [0, 0.05) is 18.9 Å². The Balaban J connectivity index is 2.14. The Labute approximate surface area is 81.1 Å². The number of nitrogens with zero attached hydrogens (tertiary/aromatic N) is 2. The molecule has 74 valence electrons. The van der Waals surface area contributed by atoms with Gasteiger partial charge in [0.1, 0.15) is 12.2 Å². The van der Waals surface area contributed by atoms with Crippen LogP contribution in [0.4, 0.5) is 0 Å². The van der Waals surface area contributed by atoms with Crippen LogP contribution >= 0.6 is 0 Å². The first-order valence-electron chi connectivity index (χ1n) is 4.59. The summed E-state index contributed by atoms with van der Waals surface area (Å²) in [6.45, 7) is 0.673. The van der Waals surface area contributed by atoms with Crippen LogP contribution in [0.25, 0.3) is 0 Å². The van der Waals surface area contributed by atoms with Crippen molar-refractivity contribution in [3.8, 4) is 0 Å². The number of hydrogen-bond acceptors (Lipinski definition) is 3. The highest BCUT2D eigenvalue weighted by molar-refractivity contribution is 6.01. The maximum atomic E-state index is 11.7. The van der Waals surface area contributed by atoms with E-state index < -0.39 is 5.92 Å². The molecule has 1 fully saturated rings. The van der Waals surface area contributed by atoms with Crippen LogP contribution in [0.5, 0.6) is 0 Å². The first-order valence-corrected chi connectivity index (χ1v) is 4.59. The van der Waals surface area contributed by atoms with E-state index in [2.05, 4.69) is 10.3 Å². The van der Waals surface area contributed by atoms with E-state index >= 15 is 0 Å². The SMILES string of the molecule is O=C1NCCCC1C(=O)n1ccnc1. The zero-order valence-corrected chi connectivity index (χ0v) is 7.64. The Morgan fingerprint density at radius 2 is 2.50 bits per heavy atom. The van der Waals surface area contributed by atoms with Gasteiger partial charge in [-0.3, -0.25) is 14.2 Å². The average Bonchev–Trinajstić information content (AvgIpc) is 2.70. The quantitative estimate of drug-likeness (QED) is 0.641. The van der Waals surface area contributed by atoms with Gasteiger partial charge in [-0.25, -0.2) is 4.98 Å². The minimum absolute atomic E-state index is 0.171. The number of rotatable bonds is 1. The lowest BCUT2D eigenvalue weighted by Gasteiger charge is -2.20. The molecule has 2 heterocycles. The molecule has 1 aromatic heterocycles. The smallest absolute Gasteiger partial charge is 0.244 e. The van der Waals surface area contributed by atoms with Crippen molar-refractivity contribution >= 4 is 11.8 Å². The highest BCUT2D eigenvalue weighted by Crippen LogP contribution is 2.13. The topological polar surface area (TPSA) is 64.0 Å². The second-order valence-corrected chi connectivity index (χ2v) is 3.29. The molecule has 0 bridgehead atoms. The Morgan fingerprint density at radius 1 is 1.64 bits per heavy atom. The van der Waals surface area contributed by atoms with Crippen molar-refractivity contribution < 1.29 is 9.59 Å². The summed E-state index contributed by atoms with van der Waals surface area (Å²) in [7, 11) is 0. The molecule has 5 heteroatoms. The van der Waals surface area contributed by atoms with Gasteiger partial charge in [0.25, 0.3) is 0 Å². The van der Waals surface area contributed by atoms with Gasteiger partial charge in [-0.15, -0.1) is 0 Å². The van der Waals surface area contributed by atoms with E-state index in [9.17, 15) is 9.59 Å². The van der Waals surface area contributed by atoms with Crippen LogP contribution in [0.2, 0.25) is 0 Å². The minimum atomic E-state index is -0.544. The molecule has 0 aromatic carbocycles. The molecule has 0 saturated carbocycles. The van der Waals surface area contributed by atoms with Crippen LogP contribution < -0.4 is 5.32 Å². The average molecular weight is 193 g/mol. The zero-order valence-electron chi connectivity index (χ0n) is 7.64. The molecule has 5 nitrogen and oxygen atoms in total. The standard InChI is InChI=1S/C9H11N3O2/c13-8-7(2-1-3-11-8)9(14)12-5-4-10-6-12/h4-7H,1-3H2,(H,11,13). The van der Waals surface area contributed by atoms with E-state index in [-0.39, 0.29) is 11.8 Å². The molecule has 14 heavy (non-hydrogen) atoms. The molecule has 0 spiro atoms. The lowest BCUT2D eigenvalue weighted by Crippen LogP contribution is -2.41. The Morgan fingerprint density at radius 3 is 3.14 bits per heavy atom. The second kappa shape index (κ2) is 3.61. The summed E-state index contributed by atoms with van der Waals surface area (Å²) >= 11 is 0. The molecule has 1 amide bonds. The first-order chi connectivity index (χ1) is 6.79. The zero-order chi connectivity index (χ0) is 9.97. The number of piperidine rings is 1. The fourth-order valence-electron chi connectivity index (χ4n) is 1.58. The van der Waals surface area contributed by atoms with Crippen molar-refractivity contribution in [1.82, 2.24) is 14.9 Å². The summed E-state index contributed by atoms with van der Waals surface area (Å²) in [5, 5.41) is 2.68. The Bertz CT molecular complexity index is 345. The monoisotopic (exact) mass is 193 g/mol. The number of amides is 1. The predicted molar refractivity (Wildman–Crippen MR) is 48.6 cm³/mol. The molecule has 1 aliphatic heterocycles. The van der Waals surface area contributed by atoms with E-state index in [4.69, 9.17) is 0 Å². The van der Waals surface area contributed by atoms with E-state index in [0.29, 0.717) is 13.0 Å². The van der Waals surface area contributed by atoms with Crippen LogP contribution in [-0.4, -0.2) is 27.9 Å². The largest absolute Gasteiger partial charge is 0.355 e. The maximum absolute atomic E-state index is 11.7. The number of nitrogens with one attached hydrogen (secondary N) is 1. The minimum Gasteiger partial charge on any atom is -0.355 e. The predicted octanol–water partition coefficient (Wildman–Crippen LogP) is 0.0495. The van der Waals surface area contributed by atoms with Crippen LogP contribution in [0.3, 0.4) is 0 Å². The van der Waals surface area contributed by atoms with Crippen molar-refractivity contribution in [2.75, 3.05) is 6.54 Å². The summed E-state index contributed by atoms with van der Waals surface area (Å²) in [6, 6.07) is 0. The van der Waals surface area contributed by atoms with Crippen LogP contribution in [0.1, 0.15) is 17.6 Å². The number of aromatic nitrogens is 2. The van der Waals surface area contributed by atoms with Gasteiger partial charge in [0.05, 0.1) is 0 Å². The van der Waals surface area contributed by atoms with Gasteiger partial charge in [-0.05, 0) is 12.8 Å². The third-order valence-corrected chi connectivity index (χ3v) is 2.34. The fourth-order valence-corrected chi connectivity index (χ4v) is 1.58. The van der Waals surface area contributed by atoms with Gasteiger partial charge in [-0.1, -0.05) is 0 Å². The summed E-state index contributed by atoms with van der Waals surface area (Å²) in [4.78, 5) is 26.9. The molecule has 1 atom stereocenters. The van der Waals surface area contributed by atoms with Crippen LogP contribution in [-0.2, 0) is 4.79 Å². The lowest BCUT2D eigenvalue weighted by molar-refractivity contribution is -0.125. The van der Waals surface area contributed by atoms with Crippen molar-refractivity contribution in [3.63, 3.8) is 0 Å². The van der Waals surface area contributed by atoms with Gasteiger partial charge in [0.2, 0.25) is 11.8 Å². The van der Waals surface area contributed by atoms with E-state index in [1.165, 1.54) is 17.1 Å². The molecule has 1 aliphatic rings. The molecular formula is C9H11N3O2. The summed E-state index contributed by atoms with van der Waals surface area (Å²) in [5.41, 5.74) is 0. The number of carbonyl (C=O) groups excluding carboxylic acids is 2. The Kier molecular flexibility index (Phi) is 2.30. The first kappa shape index (κ1) is 8.93. The molecule has 0 radical (unpaired) electrons. The van der Waals surface area contributed by atoms with Gasteiger partial charge < -0.3 is 5.32 Å². The normalized spacial score (nSPS) is 21.7. The van der Waals surface area contributed by atoms with Crippen molar-refractivity contribution in [3.05, 3.63) is 18.7 Å². The van der Waals surface area contributed by atoms with Crippen molar-refractivity contribution in [1.29, 1.82) is 0 Å². The molecule has 0 aliphatic carbocycles. The number of carbonyl (C=O) groups is 2. The van der Waals surface area contributed by atoms with E-state index in [1.54, 1.807) is 6.20 Å². The van der Waals surface area contributed by atoms with E-state index in [1.807, 2.05) is 0 Å². The second-order valence-electron chi connectivity index (χ2n) is 3.29. The fraction of sp³-hybridized carbons (Fsp3) is 0.444. The summed E-state index contributed by atoms with van der Waals surface area (Å²) < 4.78 is 1.36. The van der Waals surface area contributed by atoms with Crippen molar-refractivity contribution in [2.45, 2.75) is 12.8 Å². The number of hydrogen-bond donors (Lipinski definition) is 1. The summed E-state index contributed by atoms with van der Waals surface area (Å²) in [5.74, 6) is -0.910. The van der Waals surface area contributed by atoms with Crippen LogP contribution in [0.15, 0.2) is 18.7 Å². The molecular weight excluding hydrogens is 182 g/mol. The molecule has 1 unspecified atom stereocenters. The van der Waals surface area contributed by atoms with Gasteiger partial charge in [0.15, 0.2) is 0 Å². The number of imidazole rings is 1. The van der Waals surface area contributed by atoms with E-state index in [0.717, 1.165) is 6.42 Å². The third-order valence-electron chi connectivity index (χ3n) is 2.34. The molecule has 2 rings (SSSR count). The highest BCUT2D eigenvalue weighted by atomic mass is 16.2. The van der Waals surface area contributed by atoms with Crippen molar-refractivity contribution in [2.24, 2.45) is 5.92 Å². The molecule has 1 N–H and O–H groups in total. The third kappa shape index (κ3) is 1.53. The lowest BCUT2D eigenvalue weighted by atomic mass is 9.98. The summed E-state index contributed by atoms with van der Waals surface area (Å²) in [6.07, 6.45) is 5.99. The maximum Gasteiger partial charge on any atom is 0.244 e. The Hall–Kier alpha value is -1.65. The van der Waals surface area contributed by atoms with Crippen LogP contribution in [0, 0.1) is 5.92 Å². The van der Waals surface area contributed by atoms with Gasteiger partial charge in [-0.2, -0.15) is 0 Å². The molecule has 1 aromatic rings. The molecule has 1 saturated heterocycles. The van der Waals surface area contributed by atoms with Gasteiger partial charge >= 0.3 is 0 Å². The highest BCUT2D eigenvalue weighted by Gasteiger charge is 2.29.